The second-order valence-corrected chi connectivity index (χ2v) is 5.33. The lowest BCUT2D eigenvalue weighted by Gasteiger charge is -2.29. The van der Waals surface area contributed by atoms with E-state index in [4.69, 9.17) is 0 Å². The molecule has 0 aromatic heterocycles. The van der Waals surface area contributed by atoms with Gasteiger partial charge in [-0.15, -0.1) is 0 Å². The highest BCUT2D eigenvalue weighted by atomic mass is 127. The minimum Gasteiger partial charge on any atom is -0.371 e. The standard InChI is InChI=1S/C11H14IN3S/c12-16-14-13-10-6-8-15(9-7-10)11-4-2-1-3-5-11/h1-5,14H,6-9H2. The molecule has 0 atom stereocenters. The molecule has 0 bridgehead atoms. The first kappa shape index (κ1) is 12.0. The highest BCUT2D eigenvalue weighted by molar-refractivity contribution is 14.2. The molecule has 0 amide bonds. The van der Waals surface area contributed by atoms with Crippen LogP contribution in [0.1, 0.15) is 12.8 Å². The Hall–Kier alpha value is -0.430. The molecule has 0 spiro atoms. The first-order chi connectivity index (χ1) is 7.90. The van der Waals surface area contributed by atoms with Crippen LogP contribution in [0.15, 0.2) is 35.4 Å². The first-order valence-corrected chi connectivity index (χ1v) is 8.64. The summed E-state index contributed by atoms with van der Waals surface area (Å²) in [5.41, 5.74) is 2.59. The fraction of sp³-hybridized carbons (Fsp3) is 0.364. The van der Waals surface area contributed by atoms with E-state index in [0.717, 1.165) is 25.9 Å². The van der Waals surface area contributed by atoms with Gasteiger partial charge < -0.3 is 4.90 Å². The van der Waals surface area contributed by atoms with Crippen molar-refractivity contribution < 1.29 is 0 Å². The number of hydrogen-bond donors (Lipinski definition) is 1. The van der Waals surface area contributed by atoms with Crippen LogP contribution in [0, 0.1) is 0 Å². The van der Waals surface area contributed by atoms with Crippen LogP contribution >= 0.6 is 30.3 Å². The number of nitrogens with zero attached hydrogens (tertiary/aromatic N) is 2. The summed E-state index contributed by atoms with van der Waals surface area (Å²) < 4.78 is 0. The lowest BCUT2D eigenvalue weighted by atomic mass is 10.1. The van der Waals surface area contributed by atoms with E-state index in [2.05, 4.69) is 66.4 Å². The van der Waals surface area contributed by atoms with E-state index in [0.29, 0.717) is 0 Å². The van der Waals surface area contributed by atoms with Crippen molar-refractivity contribution in [2.45, 2.75) is 12.8 Å². The van der Waals surface area contributed by atoms with Gasteiger partial charge in [0.15, 0.2) is 0 Å². The number of anilines is 1. The average Bonchev–Trinajstić information content (AvgIpc) is 2.38. The second kappa shape index (κ2) is 6.34. The SMILES string of the molecule is ISNN=C1CCN(c2ccccc2)CC1. The van der Waals surface area contributed by atoms with E-state index >= 15 is 0 Å². The van der Waals surface area contributed by atoms with Gasteiger partial charge in [-0.25, -0.2) is 4.83 Å². The highest BCUT2D eigenvalue weighted by Gasteiger charge is 2.14. The topological polar surface area (TPSA) is 27.6 Å². The number of nitrogens with one attached hydrogen (secondary N) is 1. The highest BCUT2D eigenvalue weighted by Crippen LogP contribution is 2.18. The zero-order chi connectivity index (χ0) is 11.2. The number of piperidine rings is 1. The third-order valence-corrected chi connectivity index (χ3v) is 3.45. The predicted molar refractivity (Wildman–Crippen MR) is 80.1 cm³/mol. The molecule has 0 saturated carbocycles. The Morgan fingerprint density at radius 2 is 1.88 bits per heavy atom. The molecule has 1 N–H and O–H groups in total. The number of para-hydroxylation sites is 1. The molecule has 1 fully saturated rings. The number of halogens is 1. The molecule has 1 aromatic rings. The monoisotopic (exact) mass is 347 g/mol. The first-order valence-electron chi connectivity index (χ1n) is 5.28. The molecule has 1 saturated heterocycles. The van der Waals surface area contributed by atoms with Crippen LogP contribution in [0.5, 0.6) is 0 Å². The average molecular weight is 347 g/mol. The maximum Gasteiger partial charge on any atom is 0.0423 e. The Bertz CT molecular complexity index is 346. The van der Waals surface area contributed by atoms with Crippen LogP contribution in [-0.4, -0.2) is 18.8 Å². The molecule has 1 heterocycles. The maximum atomic E-state index is 4.33. The molecular formula is C11H14IN3S. The molecule has 2 rings (SSSR count). The van der Waals surface area contributed by atoms with Crippen molar-refractivity contribution in [1.29, 1.82) is 0 Å². The number of rotatable bonds is 3. The van der Waals surface area contributed by atoms with Crippen molar-refractivity contribution in [3.05, 3.63) is 30.3 Å². The van der Waals surface area contributed by atoms with E-state index in [-0.39, 0.29) is 0 Å². The van der Waals surface area contributed by atoms with Crippen molar-refractivity contribution in [1.82, 2.24) is 4.83 Å². The van der Waals surface area contributed by atoms with Gasteiger partial charge >= 0.3 is 0 Å². The Balaban J connectivity index is 1.90. The molecule has 0 aliphatic carbocycles. The van der Waals surface area contributed by atoms with Gasteiger partial charge in [0, 0.05) is 67.7 Å². The molecule has 1 aromatic carbocycles. The van der Waals surface area contributed by atoms with Crippen molar-refractivity contribution in [2.24, 2.45) is 5.10 Å². The van der Waals surface area contributed by atoms with Gasteiger partial charge in [0.2, 0.25) is 0 Å². The molecule has 0 radical (unpaired) electrons. The van der Waals surface area contributed by atoms with Gasteiger partial charge in [0.05, 0.1) is 0 Å². The zero-order valence-corrected chi connectivity index (χ0v) is 11.9. The van der Waals surface area contributed by atoms with Crippen LogP contribution in [0.4, 0.5) is 5.69 Å². The van der Waals surface area contributed by atoms with E-state index in [9.17, 15) is 0 Å². The van der Waals surface area contributed by atoms with Gasteiger partial charge in [-0.05, 0) is 12.1 Å². The van der Waals surface area contributed by atoms with Crippen molar-refractivity contribution in [2.75, 3.05) is 18.0 Å². The molecule has 3 nitrogen and oxygen atoms in total. The fourth-order valence-corrected chi connectivity index (χ4v) is 2.31. The second-order valence-electron chi connectivity index (χ2n) is 3.67. The van der Waals surface area contributed by atoms with Crippen molar-refractivity contribution in [3.63, 3.8) is 0 Å². The molecule has 16 heavy (non-hydrogen) atoms. The van der Waals surface area contributed by atoms with E-state index < -0.39 is 0 Å². The molecule has 86 valence electrons. The van der Waals surface area contributed by atoms with E-state index in [1.807, 2.05) is 0 Å². The van der Waals surface area contributed by atoms with Gasteiger partial charge in [-0.2, -0.15) is 5.10 Å². The Labute approximate surface area is 112 Å². The summed E-state index contributed by atoms with van der Waals surface area (Å²) in [5, 5.41) is 4.33. The summed E-state index contributed by atoms with van der Waals surface area (Å²) in [4.78, 5) is 5.36. The Morgan fingerprint density at radius 3 is 2.50 bits per heavy atom. The summed E-state index contributed by atoms with van der Waals surface area (Å²) >= 11 is 2.19. The van der Waals surface area contributed by atoms with Gasteiger partial charge in [0.25, 0.3) is 0 Å². The Morgan fingerprint density at radius 1 is 1.19 bits per heavy atom. The molecule has 5 heteroatoms. The van der Waals surface area contributed by atoms with Crippen molar-refractivity contribution in [3.8, 4) is 0 Å². The fourth-order valence-electron chi connectivity index (χ4n) is 1.86. The summed E-state index contributed by atoms with van der Waals surface area (Å²) in [6, 6.07) is 10.6. The summed E-state index contributed by atoms with van der Waals surface area (Å²) in [6.45, 7) is 2.13. The Kier molecular flexibility index (Phi) is 4.77. The van der Waals surface area contributed by atoms with Gasteiger partial charge in [-0.3, -0.25) is 0 Å². The predicted octanol–water partition coefficient (Wildman–Crippen LogP) is 3.23. The van der Waals surface area contributed by atoms with Crippen LogP contribution < -0.4 is 9.73 Å². The maximum absolute atomic E-state index is 4.33. The largest absolute Gasteiger partial charge is 0.371 e. The smallest absolute Gasteiger partial charge is 0.0423 e. The number of hydrazone groups is 1. The third-order valence-electron chi connectivity index (χ3n) is 2.70. The third kappa shape index (κ3) is 3.28. The molecule has 0 unspecified atom stereocenters. The summed E-state index contributed by atoms with van der Waals surface area (Å²) in [6.07, 6.45) is 2.11. The van der Waals surface area contributed by atoms with Crippen molar-refractivity contribution >= 4 is 41.7 Å². The molecule has 1 aliphatic heterocycles. The quantitative estimate of drug-likeness (QED) is 0.517. The van der Waals surface area contributed by atoms with E-state index in [1.54, 1.807) is 0 Å². The van der Waals surface area contributed by atoms with E-state index in [1.165, 1.54) is 20.5 Å². The zero-order valence-electron chi connectivity index (χ0n) is 8.90. The van der Waals surface area contributed by atoms with Crippen LogP contribution in [0.3, 0.4) is 0 Å². The summed E-state index contributed by atoms with van der Waals surface area (Å²) in [5.74, 6) is 0. The van der Waals surface area contributed by atoms with Crippen LogP contribution in [0.25, 0.3) is 0 Å². The molecule has 1 aliphatic rings. The summed E-state index contributed by atoms with van der Waals surface area (Å²) in [7, 11) is 1.51. The number of benzene rings is 1. The van der Waals surface area contributed by atoms with Gasteiger partial charge in [0.1, 0.15) is 0 Å². The molecular weight excluding hydrogens is 333 g/mol. The van der Waals surface area contributed by atoms with Gasteiger partial charge in [-0.1, -0.05) is 18.2 Å². The number of hydrogen-bond acceptors (Lipinski definition) is 4. The minimum absolute atomic E-state index is 1.05. The van der Waals surface area contributed by atoms with Crippen LogP contribution in [0.2, 0.25) is 0 Å². The minimum atomic E-state index is 1.05. The normalized spacial score (nSPS) is 16.1. The lowest BCUT2D eigenvalue weighted by molar-refractivity contribution is 0.752. The van der Waals surface area contributed by atoms with Crippen LogP contribution in [-0.2, 0) is 0 Å². The lowest BCUT2D eigenvalue weighted by Crippen LogP contribution is -2.34.